The molecule has 0 aliphatic heterocycles. The fourth-order valence-electron chi connectivity index (χ4n) is 7.39. The van der Waals surface area contributed by atoms with Gasteiger partial charge in [0, 0.05) is 19.3 Å². The van der Waals surface area contributed by atoms with Crippen LogP contribution in [-0.4, -0.2) is 37.2 Å². The molecule has 0 N–H and O–H groups in total. The van der Waals surface area contributed by atoms with Crippen LogP contribution in [0.4, 0.5) is 0 Å². The van der Waals surface area contributed by atoms with E-state index in [0.717, 1.165) is 116 Å². The Balaban J connectivity index is 4.60. The number of rotatable bonds is 50. The Labute approximate surface area is 436 Å². The molecule has 0 aliphatic carbocycles. The molecular weight excluding hydrogens is 877 g/mol. The molecule has 1 atom stereocenters. The van der Waals surface area contributed by atoms with Crippen LogP contribution in [0.15, 0.2) is 134 Å². The lowest BCUT2D eigenvalue weighted by Gasteiger charge is -2.18. The van der Waals surface area contributed by atoms with Gasteiger partial charge >= 0.3 is 17.9 Å². The van der Waals surface area contributed by atoms with Crippen LogP contribution < -0.4 is 0 Å². The van der Waals surface area contributed by atoms with Crippen LogP contribution in [0.1, 0.15) is 239 Å². The molecule has 0 aromatic carbocycles. The van der Waals surface area contributed by atoms with Gasteiger partial charge in [-0.1, -0.05) is 244 Å². The van der Waals surface area contributed by atoms with Gasteiger partial charge in [0.2, 0.25) is 0 Å². The lowest BCUT2D eigenvalue weighted by atomic mass is 10.1. The third-order valence-corrected chi connectivity index (χ3v) is 11.8. The summed E-state index contributed by atoms with van der Waals surface area (Å²) in [5, 5.41) is 0. The van der Waals surface area contributed by atoms with Gasteiger partial charge in [-0.05, 0) is 109 Å². The van der Waals surface area contributed by atoms with Gasteiger partial charge < -0.3 is 14.2 Å². The normalized spacial score (nSPS) is 13.1. The Kier molecular flexibility index (Phi) is 54.5. The van der Waals surface area contributed by atoms with E-state index in [2.05, 4.69) is 154 Å². The van der Waals surface area contributed by atoms with Crippen molar-refractivity contribution >= 4 is 17.9 Å². The quantitative estimate of drug-likeness (QED) is 0.0199. The highest BCUT2D eigenvalue weighted by Gasteiger charge is 2.19. The van der Waals surface area contributed by atoms with E-state index >= 15 is 0 Å². The molecule has 6 heteroatoms. The zero-order valence-electron chi connectivity index (χ0n) is 45.7. The zero-order valence-corrected chi connectivity index (χ0v) is 45.7. The van der Waals surface area contributed by atoms with Gasteiger partial charge in [-0.3, -0.25) is 14.4 Å². The third-order valence-electron chi connectivity index (χ3n) is 11.8. The van der Waals surface area contributed by atoms with Gasteiger partial charge in [-0.25, -0.2) is 0 Å². The van der Waals surface area contributed by atoms with Crippen molar-refractivity contribution in [2.24, 2.45) is 0 Å². The van der Waals surface area contributed by atoms with Crippen molar-refractivity contribution in [2.75, 3.05) is 13.2 Å². The molecule has 0 amide bonds. The van der Waals surface area contributed by atoms with Crippen molar-refractivity contribution in [1.29, 1.82) is 0 Å². The SMILES string of the molecule is CCCCC\C=C/C=C\C=C/C=C\CCCCCCCC(=O)OCC(COC(=O)CCC/C=C\C/C=C\C/C=C\C/C=C\CCCCC)OC(=O)CCCCCCC\C=C/C=C\C=C/CCCCCCC. The van der Waals surface area contributed by atoms with Gasteiger partial charge in [0.05, 0.1) is 0 Å². The van der Waals surface area contributed by atoms with Crippen LogP contribution in [0.3, 0.4) is 0 Å². The van der Waals surface area contributed by atoms with Crippen molar-refractivity contribution in [3.63, 3.8) is 0 Å². The molecule has 0 fully saturated rings. The first-order valence-electron chi connectivity index (χ1n) is 28.8. The standard InChI is InChI=1S/C65H104O6/c1-4-7-10-13-16-19-22-25-28-31-34-37-40-43-46-49-52-55-58-64(67)70-61-62(60-69-63(66)57-54-51-48-45-42-39-36-33-30-27-24-21-18-15-12-9-6-3)71-65(68)59-56-53-50-47-44-41-38-35-32-29-26-23-20-17-14-11-8-5-2/h16,18-19,21-23,25-32,34-39,45,48,62H,4-15,17,20,24,33,40-44,46-47,49-61H2,1-3H3/b19-16-,21-18-,25-22-,26-23-,30-27-,31-28-,32-29-,37-34-,38-35-,39-36-,48-45-. The first kappa shape index (κ1) is 66.6. The van der Waals surface area contributed by atoms with Crippen LogP contribution in [0.25, 0.3) is 0 Å². The zero-order chi connectivity index (χ0) is 51.4. The molecule has 0 rings (SSSR count). The van der Waals surface area contributed by atoms with Gasteiger partial charge in [-0.15, -0.1) is 0 Å². The van der Waals surface area contributed by atoms with Crippen molar-refractivity contribution in [2.45, 2.75) is 245 Å². The summed E-state index contributed by atoms with van der Waals surface area (Å²) in [4.78, 5) is 38.2. The average Bonchev–Trinajstić information content (AvgIpc) is 3.37. The van der Waals surface area contributed by atoms with Crippen LogP contribution >= 0.6 is 0 Å². The van der Waals surface area contributed by atoms with E-state index in [1.165, 1.54) is 77.0 Å². The number of carbonyl (C=O) groups is 3. The molecule has 0 heterocycles. The summed E-state index contributed by atoms with van der Waals surface area (Å²) in [6.45, 7) is 6.46. The fraction of sp³-hybridized carbons (Fsp3) is 0.615. The minimum atomic E-state index is -0.827. The largest absolute Gasteiger partial charge is 0.462 e. The van der Waals surface area contributed by atoms with Gasteiger partial charge in [0.1, 0.15) is 13.2 Å². The second-order valence-electron chi connectivity index (χ2n) is 18.6. The monoisotopic (exact) mass is 981 g/mol. The molecule has 0 aliphatic rings. The Bertz CT molecular complexity index is 1550. The molecule has 0 spiro atoms. The number of hydrogen-bond acceptors (Lipinski definition) is 6. The summed E-state index contributed by atoms with van der Waals surface area (Å²) in [6.07, 6.45) is 81.5. The first-order chi connectivity index (χ1) is 35.0. The second kappa shape index (κ2) is 58.1. The van der Waals surface area contributed by atoms with Crippen LogP contribution in [0.5, 0.6) is 0 Å². The maximum absolute atomic E-state index is 12.9. The van der Waals surface area contributed by atoms with Crippen LogP contribution in [0.2, 0.25) is 0 Å². The summed E-state index contributed by atoms with van der Waals surface area (Å²) < 4.78 is 16.8. The molecule has 0 aromatic rings. The van der Waals surface area contributed by atoms with E-state index < -0.39 is 6.10 Å². The van der Waals surface area contributed by atoms with E-state index in [1.807, 2.05) is 0 Å². The van der Waals surface area contributed by atoms with Gasteiger partial charge in [0.25, 0.3) is 0 Å². The van der Waals surface area contributed by atoms with E-state index in [1.54, 1.807) is 0 Å². The predicted octanol–water partition coefficient (Wildman–Crippen LogP) is 19.4. The summed E-state index contributed by atoms with van der Waals surface area (Å²) in [5.74, 6) is -1.02. The smallest absolute Gasteiger partial charge is 0.306 e. The minimum Gasteiger partial charge on any atom is -0.462 e. The minimum absolute atomic E-state index is 0.121. The highest BCUT2D eigenvalue weighted by molar-refractivity contribution is 5.71. The van der Waals surface area contributed by atoms with Crippen molar-refractivity contribution in [3.8, 4) is 0 Å². The topological polar surface area (TPSA) is 78.9 Å². The van der Waals surface area contributed by atoms with E-state index in [4.69, 9.17) is 14.2 Å². The molecule has 0 aromatic heterocycles. The first-order valence-corrected chi connectivity index (χ1v) is 28.8. The van der Waals surface area contributed by atoms with Crippen LogP contribution in [0, 0.1) is 0 Å². The lowest BCUT2D eigenvalue weighted by molar-refractivity contribution is -0.167. The Morgan fingerprint density at radius 2 is 0.577 bits per heavy atom. The number of unbranched alkanes of at least 4 members (excludes halogenated alkanes) is 22. The maximum Gasteiger partial charge on any atom is 0.306 e. The van der Waals surface area contributed by atoms with Gasteiger partial charge in [0.15, 0.2) is 6.10 Å². The molecule has 0 saturated carbocycles. The summed E-state index contributed by atoms with van der Waals surface area (Å²) in [5.41, 5.74) is 0. The molecule has 400 valence electrons. The summed E-state index contributed by atoms with van der Waals surface area (Å²) >= 11 is 0. The maximum atomic E-state index is 12.9. The summed E-state index contributed by atoms with van der Waals surface area (Å²) in [7, 11) is 0. The number of esters is 3. The van der Waals surface area contributed by atoms with Crippen molar-refractivity contribution in [3.05, 3.63) is 134 Å². The van der Waals surface area contributed by atoms with Crippen LogP contribution in [-0.2, 0) is 28.6 Å². The molecular formula is C65H104O6. The summed E-state index contributed by atoms with van der Waals surface area (Å²) in [6, 6.07) is 0. The second-order valence-corrected chi connectivity index (χ2v) is 18.6. The predicted molar refractivity (Wildman–Crippen MR) is 306 cm³/mol. The third kappa shape index (κ3) is 56.3. The van der Waals surface area contributed by atoms with E-state index in [9.17, 15) is 14.4 Å². The Morgan fingerprint density at radius 3 is 1.00 bits per heavy atom. The molecule has 0 bridgehead atoms. The Morgan fingerprint density at radius 1 is 0.296 bits per heavy atom. The molecule has 1 unspecified atom stereocenters. The van der Waals surface area contributed by atoms with Gasteiger partial charge in [-0.2, -0.15) is 0 Å². The van der Waals surface area contributed by atoms with E-state index in [0.29, 0.717) is 12.8 Å². The Hall–Kier alpha value is -4.45. The number of ether oxygens (including phenoxy) is 3. The number of hydrogen-bond donors (Lipinski definition) is 0. The molecule has 0 radical (unpaired) electrons. The van der Waals surface area contributed by atoms with Crippen molar-refractivity contribution in [1.82, 2.24) is 0 Å². The fourth-order valence-corrected chi connectivity index (χ4v) is 7.39. The lowest BCUT2D eigenvalue weighted by Crippen LogP contribution is -2.30. The number of allylic oxidation sites excluding steroid dienone is 22. The average molecular weight is 982 g/mol. The molecule has 6 nitrogen and oxygen atoms in total. The number of carbonyl (C=O) groups excluding carboxylic acids is 3. The molecule has 71 heavy (non-hydrogen) atoms. The van der Waals surface area contributed by atoms with E-state index in [-0.39, 0.29) is 44.0 Å². The van der Waals surface area contributed by atoms with Crippen molar-refractivity contribution < 1.29 is 28.6 Å². The highest BCUT2D eigenvalue weighted by atomic mass is 16.6. The molecule has 0 saturated heterocycles. The highest BCUT2D eigenvalue weighted by Crippen LogP contribution is 2.13.